The van der Waals surface area contributed by atoms with E-state index in [0.29, 0.717) is 47.7 Å². The van der Waals surface area contributed by atoms with Gasteiger partial charge in [0.1, 0.15) is 17.2 Å². The third kappa shape index (κ3) is 6.02. The van der Waals surface area contributed by atoms with Crippen LogP contribution in [0.3, 0.4) is 0 Å². The van der Waals surface area contributed by atoms with Gasteiger partial charge < -0.3 is 14.4 Å². The second-order valence-electron chi connectivity index (χ2n) is 9.42. The number of halogens is 1. The monoisotopic (exact) mass is 533 g/mol. The van der Waals surface area contributed by atoms with E-state index in [2.05, 4.69) is 5.10 Å². The summed E-state index contributed by atoms with van der Waals surface area (Å²) < 4.78 is 7.76. The summed E-state index contributed by atoms with van der Waals surface area (Å²) in [5, 5.41) is 5.50. The van der Waals surface area contributed by atoms with Crippen LogP contribution in [0.25, 0.3) is 22.3 Å². The van der Waals surface area contributed by atoms with Crippen LogP contribution in [-0.2, 0) is 17.9 Å². The average Bonchev–Trinajstić information content (AvgIpc) is 3.24. The third-order valence-electron chi connectivity index (χ3n) is 6.48. The maximum absolute atomic E-state index is 13.7. The summed E-state index contributed by atoms with van der Waals surface area (Å²) in [5.41, 5.74) is 4.62. The Morgan fingerprint density at radius 1 is 1.11 bits per heavy atom. The number of amides is 1. The first-order valence-electron chi connectivity index (χ1n) is 12.6. The molecule has 198 valence electrons. The maximum atomic E-state index is 13.7. The van der Waals surface area contributed by atoms with Gasteiger partial charge in [0.2, 0.25) is 0 Å². The third-order valence-corrected chi connectivity index (χ3v) is 6.72. The van der Waals surface area contributed by atoms with Gasteiger partial charge in [-0.05, 0) is 76.1 Å². The van der Waals surface area contributed by atoms with E-state index in [-0.39, 0.29) is 17.4 Å². The fraction of sp³-hybridized carbons (Fsp3) is 0.345. The van der Waals surface area contributed by atoms with Crippen LogP contribution in [0.1, 0.15) is 54.0 Å². The minimum atomic E-state index is -0.230. The van der Waals surface area contributed by atoms with Gasteiger partial charge in [-0.15, -0.1) is 0 Å². The number of hydrogen-bond donors (Lipinski definition) is 0. The fourth-order valence-electron chi connectivity index (χ4n) is 4.31. The van der Waals surface area contributed by atoms with E-state index >= 15 is 0 Å². The van der Waals surface area contributed by atoms with Crippen molar-refractivity contribution >= 4 is 34.2 Å². The lowest BCUT2D eigenvalue weighted by Crippen LogP contribution is -2.27. The number of fused-ring (bicyclic) bond motifs is 1. The zero-order valence-electron chi connectivity index (χ0n) is 22.4. The number of ether oxygens (including phenoxy) is 1. The Hall–Kier alpha value is -3.78. The van der Waals surface area contributed by atoms with Crippen LogP contribution in [0.15, 0.2) is 42.6 Å². The topological polar surface area (TPSA) is 90.2 Å². The minimum Gasteiger partial charge on any atom is -0.493 e. The smallest absolute Gasteiger partial charge is 0.273 e. The molecule has 4 rings (SSSR count). The zero-order chi connectivity index (χ0) is 27.4. The van der Waals surface area contributed by atoms with Crippen molar-refractivity contribution in [1.29, 1.82) is 0 Å². The van der Waals surface area contributed by atoms with Crippen molar-refractivity contribution in [1.82, 2.24) is 24.6 Å². The molecular formula is C29H32ClN5O3. The molecule has 0 spiro atoms. The van der Waals surface area contributed by atoms with Crippen LogP contribution in [-0.4, -0.2) is 50.0 Å². The number of rotatable bonds is 10. The van der Waals surface area contributed by atoms with Gasteiger partial charge in [0.15, 0.2) is 5.82 Å². The molecule has 0 radical (unpaired) electrons. The van der Waals surface area contributed by atoms with Crippen LogP contribution >= 0.6 is 11.6 Å². The van der Waals surface area contributed by atoms with Crippen LogP contribution in [0.5, 0.6) is 5.75 Å². The van der Waals surface area contributed by atoms with Crippen LogP contribution < -0.4 is 4.74 Å². The Balaban J connectivity index is 1.65. The molecule has 0 saturated carbocycles. The number of nitrogens with zero attached hydrogens (tertiary/aromatic N) is 5. The van der Waals surface area contributed by atoms with Gasteiger partial charge in [-0.25, -0.2) is 9.97 Å². The van der Waals surface area contributed by atoms with E-state index in [0.717, 1.165) is 34.7 Å². The van der Waals surface area contributed by atoms with Gasteiger partial charge in [-0.1, -0.05) is 11.6 Å². The first-order valence-corrected chi connectivity index (χ1v) is 13.0. The summed E-state index contributed by atoms with van der Waals surface area (Å²) in [6.07, 6.45) is 2.97. The number of Topliss-reactive ketones (excluding diaryl/α,β-unsaturated/α-hetero) is 1. The summed E-state index contributed by atoms with van der Waals surface area (Å²) in [6, 6.07) is 11.0. The molecule has 0 saturated heterocycles. The van der Waals surface area contributed by atoms with Crippen LogP contribution in [0.2, 0.25) is 5.02 Å². The molecule has 9 heteroatoms. The van der Waals surface area contributed by atoms with Gasteiger partial charge >= 0.3 is 0 Å². The van der Waals surface area contributed by atoms with Crippen molar-refractivity contribution in [3.05, 3.63) is 70.1 Å². The van der Waals surface area contributed by atoms with Gasteiger partial charge in [-0.2, -0.15) is 5.10 Å². The average molecular weight is 534 g/mol. The summed E-state index contributed by atoms with van der Waals surface area (Å²) in [6.45, 7) is 9.20. The molecule has 0 bridgehead atoms. The highest BCUT2D eigenvalue weighted by Crippen LogP contribution is 2.28. The molecule has 0 aliphatic carbocycles. The van der Waals surface area contributed by atoms with E-state index in [9.17, 15) is 9.59 Å². The van der Waals surface area contributed by atoms with E-state index in [4.69, 9.17) is 26.3 Å². The molecule has 0 N–H and O–H groups in total. The number of aromatic nitrogens is 4. The van der Waals surface area contributed by atoms with Gasteiger partial charge in [0.25, 0.3) is 5.91 Å². The standard InChI is InChI=1S/C29H32ClN5O3/c1-6-35-20(4)22(16-31-35)17-34(5)29(37)27-24-15-23(30)10-11-25(24)32-28(33-27)21-9-12-26(18(2)14-21)38-13-7-8-19(3)36/h9-12,14-16H,6-8,13,17H2,1-5H3. The minimum absolute atomic E-state index is 0.151. The molecule has 2 aromatic heterocycles. The summed E-state index contributed by atoms with van der Waals surface area (Å²) in [7, 11) is 1.76. The lowest BCUT2D eigenvalue weighted by Gasteiger charge is -2.18. The molecule has 2 heterocycles. The highest BCUT2D eigenvalue weighted by molar-refractivity contribution is 6.31. The Kier molecular flexibility index (Phi) is 8.42. The van der Waals surface area contributed by atoms with Crippen molar-refractivity contribution in [2.24, 2.45) is 0 Å². The first-order chi connectivity index (χ1) is 18.2. The second-order valence-corrected chi connectivity index (χ2v) is 9.86. The Labute approximate surface area is 227 Å². The molecule has 0 atom stereocenters. The van der Waals surface area contributed by atoms with E-state index in [1.54, 1.807) is 43.3 Å². The second kappa shape index (κ2) is 11.7. The van der Waals surface area contributed by atoms with Crippen molar-refractivity contribution in [2.45, 2.75) is 53.6 Å². The van der Waals surface area contributed by atoms with Crippen molar-refractivity contribution < 1.29 is 14.3 Å². The predicted octanol–water partition coefficient (Wildman–Crippen LogP) is 5.80. The summed E-state index contributed by atoms with van der Waals surface area (Å²) >= 11 is 6.28. The molecule has 4 aromatic rings. The van der Waals surface area contributed by atoms with E-state index < -0.39 is 0 Å². The molecule has 0 aliphatic heterocycles. The Bertz CT molecular complexity index is 1500. The molecule has 1 amide bonds. The SMILES string of the molecule is CCn1ncc(CN(C)C(=O)c2nc(-c3ccc(OCCCC(C)=O)c(C)c3)nc3ccc(Cl)cc23)c1C. The normalized spacial score (nSPS) is 11.1. The molecule has 2 aromatic carbocycles. The molecule has 0 fully saturated rings. The lowest BCUT2D eigenvalue weighted by molar-refractivity contribution is -0.117. The molecular weight excluding hydrogens is 502 g/mol. The highest BCUT2D eigenvalue weighted by Gasteiger charge is 2.21. The molecule has 0 aliphatic rings. The largest absolute Gasteiger partial charge is 0.493 e. The number of ketones is 1. The Morgan fingerprint density at radius 2 is 1.89 bits per heavy atom. The van der Waals surface area contributed by atoms with Gasteiger partial charge in [0.05, 0.1) is 18.3 Å². The number of carbonyl (C=O) groups excluding carboxylic acids is 2. The van der Waals surface area contributed by atoms with Crippen molar-refractivity contribution in [3.8, 4) is 17.1 Å². The molecule has 38 heavy (non-hydrogen) atoms. The number of benzene rings is 2. The number of carbonyl (C=O) groups is 2. The van der Waals surface area contributed by atoms with Crippen LogP contribution in [0.4, 0.5) is 0 Å². The van der Waals surface area contributed by atoms with E-state index in [1.165, 1.54) is 0 Å². The molecule has 8 nitrogen and oxygen atoms in total. The van der Waals surface area contributed by atoms with Crippen molar-refractivity contribution in [2.75, 3.05) is 13.7 Å². The highest BCUT2D eigenvalue weighted by atomic mass is 35.5. The molecule has 0 unspecified atom stereocenters. The quantitative estimate of drug-likeness (QED) is 0.239. The zero-order valence-corrected chi connectivity index (χ0v) is 23.2. The predicted molar refractivity (Wildman–Crippen MR) is 149 cm³/mol. The van der Waals surface area contributed by atoms with Gasteiger partial charge in [0, 0.05) is 53.8 Å². The summed E-state index contributed by atoms with van der Waals surface area (Å²) in [4.78, 5) is 35.9. The van der Waals surface area contributed by atoms with E-state index in [1.807, 2.05) is 43.7 Å². The summed E-state index contributed by atoms with van der Waals surface area (Å²) in [5.74, 6) is 1.10. The number of hydrogen-bond acceptors (Lipinski definition) is 6. The lowest BCUT2D eigenvalue weighted by atomic mass is 10.1. The number of aryl methyl sites for hydroxylation is 2. The van der Waals surface area contributed by atoms with Crippen LogP contribution in [0, 0.1) is 13.8 Å². The first kappa shape index (κ1) is 27.3. The maximum Gasteiger partial charge on any atom is 0.273 e. The van der Waals surface area contributed by atoms with Gasteiger partial charge in [-0.3, -0.25) is 9.48 Å². The van der Waals surface area contributed by atoms with Crippen molar-refractivity contribution in [3.63, 3.8) is 0 Å². The fourth-order valence-corrected chi connectivity index (χ4v) is 4.49. The Morgan fingerprint density at radius 3 is 2.58 bits per heavy atom.